The molecule has 1 N–H and O–H groups in total. The first-order valence-electron chi connectivity index (χ1n) is 14.4. The lowest BCUT2D eigenvalue weighted by molar-refractivity contribution is -0.139. The Morgan fingerprint density at radius 3 is 2.07 bits per heavy atom. The van der Waals surface area contributed by atoms with Crippen molar-refractivity contribution in [3.63, 3.8) is 0 Å². The molecule has 218 valence electrons. The maximum Gasteiger partial charge on any atom is 0.264 e. The van der Waals surface area contributed by atoms with E-state index < -0.39 is 28.5 Å². The minimum atomic E-state index is -4.07. The molecule has 4 rings (SSSR count). The molecule has 3 aromatic carbocycles. The number of nitrogens with one attached hydrogen (secondary N) is 1. The van der Waals surface area contributed by atoms with Crippen molar-refractivity contribution in [1.29, 1.82) is 0 Å². The third-order valence-corrected chi connectivity index (χ3v) is 9.50. The number of amides is 2. The number of rotatable bonds is 11. The van der Waals surface area contributed by atoms with E-state index in [9.17, 15) is 18.0 Å². The molecular weight excluding hydrogens is 534 g/mol. The minimum Gasteiger partial charge on any atom is -0.352 e. The third-order valence-electron chi connectivity index (χ3n) is 7.71. The number of hydrogen-bond acceptors (Lipinski definition) is 4. The molecule has 3 aromatic rings. The largest absolute Gasteiger partial charge is 0.352 e. The maximum atomic E-state index is 14.1. The second-order valence-corrected chi connectivity index (χ2v) is 12.9. The SMILES string of the molecule is Cc1cc(C)cc(N(CC(=O)N(CCc2ccccc2)[C@H](C)C(=O)NC2CCCCC2)S(=O)(=O)c2ccccc2)c1. The fourth-order valence-corrected chi connectivity index (χ4v) is 6.90. The molecule has 7 nitrogen and oxygen atoms in total. The van der Waals surface area contributed by atoms with Crippen LogP contribution in [0, 0.1) is 13.8 Å². The average molecular weight is 576 g/mol. The van der Waals surface area contributed by atoms with E-state index in [1.54, 1.807) is 37.3 Å². The van der Waals surface area contributed by atoms with E-state index in [-0.39, 0.29) is 23.4 Å². The lowest BCUT2D eigenvalue weighted by atomic mass is 9.95. The van der Waals surface area contributed by atoms with Crippen LogP contribution in [-0.2, 0) is 26.0 Å². The van der Waals surface area contributed by atoms with Gasteiger partial charge in [0.15, 0.2) is 0 Å². The molecule has 0 radical (unpaired) electrons. The summed E-state index contributed by atoms with van der Waals surface area (Å²) in [7, 11) is -4.07. The van der Waals surface area contributed by atoms with Crippen LogP contribution in [0.1, 0.15) is 55.7 Å². The van der Waals surface area contributed by atoms with Gasteiger partial charge >= 0.3 is 0 Å². The van der Waals surface area contributed by atoms with E-state index in [0.717, 1.165) is 42.4 Å². The molecule has 0 unspecified atom stereocenters. The summed E-state index contributed by atoms with van der Waals surface area (Å²) in [4.78, 5) is 29.1. The van der Waals surface area contributed by atoms with Crippen LogP contribution in [0.3, 0.4) is 0 Å². The predicted octanol–water partition coefficient (Wildman–Crippen LogP) is 5.41. The summed E-state index contributed by atoms with van der Waals surface area (Å²) >= 11 is 0. The Bertz CT molecular complexity index is 1400. The van der Waals surface area contributed by atoms with Gasteiger partial charge in [-0.1, -0.05) is 73.9 Å². The highest BCUT2D eigenvalue weighted by atomic mass is 32.2. The summed E-state index contributed by atoms with van der Waals surface area (Å²) in [6.07, 6.45) is 5.76. The van der Waals surface area contributed by atoms with Crippen LogP contribution in [-0.4, -0.2) is 50.3 Å². The summed E-state index contributed by atoms with van der Waals surface area (Å²) in [6, 6.07) is 22.8. The van der Waals surface area contributed by atoms with Gasteiger partial charge in [0, 0.05) is 12.6 Å². The molecule has 1 fully saturated rings. The number of benzene rings is 3. The van der Waals surface area contributed by atoms with Gasteiger partial charge in [-0.15, -0.1) is 0 Å². The van der Waals surface area contributed by atoms with Crippen molar-refractivity contribution in [3.05, 3.63) is 95.6 Å². The Morgan fingerprint density at radius 1 is 0.878 bits per heavy atom. The van der Waals surface area contributed by atoms with Gasteiger partial charge in [-0.3, -0.25) is 13.9 Å². The van der Waals surface area contributed by atoms with Crippen LogP contribution < -0.4 is 9.62 Å². The van der Waals surface area contributed by atoms with Crippen molar-refractivity contribution in [2.45, 2.75) is 76.3 Å². The van der Waals surface area contributed by atoms with Gasteiger partial charge in [0.25, 0.3) is 10.0 Å². The van der Waals surface area contributed by atoms with Crippen molar-refractivity contribution in [2.75, 3.05) is 17.4 Å². The van der Waals surface area contributed by atoms with E-state index >= 15 is 0 Å². The van der Waals surface area contributed by atoms with Gasteiger partial charge in [-0.05, 0) is 81.0 Å². The van der Waals surface area contributed by atoms with Crippen LogP contribution in [0.25, 0.3) is 0 Å². The van der Waals surface area contributed by atoms with Gasteiger partial charge < -0.3 is 10.2 Å². The standard InChI is InChI=1S/C33H41N3O4S/c1-25-21-26(2)23-30(22-25)36(41(39,40)31-17-11-6-12-18-31)24-32(37)35(20-19-28-13-7-4-8-14-28)27(3)33(38)34-29-15-9-5-10-16-29/h4,6-8,11-14,17-18,21-23,27,29H,5,9-10,15-16,19-20,24H2,1-3H3,(H,34,38)/t27-/m1/s1. The molecule has 41 heavy (non-hydrogen) atoms. The molecule has 1 saturated carbocycles. The van der Waals surface area contributed by atoms with Crippen LogP contribution in [0.2, 0.25) is 0 Å². The van der Waals surface area contributed by atoms with Crippen molar-refractivity contribution in [3.8, 4) is 0 Å². The third kappa shape index (κ3) is 7.97. The molecule has 1 atom stereocenters. The number of aryl methyl sites for hydroxylation is 2. The summed E-state index contributed by atoms with van der Waals surface area (Å²) < 4.78 is 29.0. The zero-order valence-corrected chi connectivity index (χ0v) is 25.1. The highest BCUT2D eigenvalue weighted by molar-refractivity contribution is 7.92. The topological polar surface area (TPSA) is 86.8 Å². The Balaban J connectivity index is 1.65. The van der Waals surface area contributed by atoms with E-state index in [1.165, 1.54) is 27.8 Å². The molecular formula is C33H41N3O4S. The summed E-state index contributed by atoms with van der Waals surface area (Å²) in [5.74, 6) is -0.631. The Hall–Kier alpha value is -3.65. The molecule has 0 heterocycles. The quantitative estimate of drug-likeness (QED) is 0.331. The molecule has 8 heteroatoms. The van der Waals surface area contributed by atoms with Gasteiger partial charge in [0.2, 0.25) is 11.8 Å². The number of carbonyl (C=O) groups is 2. The van der Waals surface area contributed by atoms with E-state index in [1.807, 2.05) is 50.2 Å². The first kappa shape index (κ1) is 30.3. The van der Waals surface area contributed by atoms with Crippen LogP contribution >= 0.6 is 0 Å². The molecule has 0 aromatic heterocycles. The lowest BCUT2D eigenvalue weighted by Crippen LogP contribution is -2.53. The Kier molecular flexibility index (Phi) is 10.2. The zero-order chi connectivity index (χ0) is 29.4. The minimum absolute atomic E-state index is 0.103. The van der Waals surface area contributed by atoms with E-state index in [4.69, 9.17) is 0 Å². The Morgan fingerprint density at radius 2 is 1.46 bits per heavy atom. The number of hydrogen-bond donors (Lipinski definition) is 1. The second kappa shape index (κ2) is 13.8. The molecule has 1 aliphatic carbocycles. The fraction of sp³-hybridized carbons (Fsp3) is 0.394. The highest BCUT2D eigenvalue weighted by Crippen LogP contribution is 2.26. The number of anilines is 1. The Labute approximate surface area is 244 Å². The normalized spacial score (nSPS) is 14.7. The average Bonchev–Trinajstić information content (AvgIpc) is 2.96. The number of nitrogens with zero attached hydrogens (tertiary/aromatic N) is 2. The van der Waals surface area contributed by atoms with Gasteiger partial charge in [0.1, 0.15) is 12.6 Å². The first-order valence-corrected chi connectivity index (χ1v) is 15.9. The van der Waals surface area contributed by atoms with E-state index in [0.29, 0.717) is 12.1 Å². The lowest BCUT2D eigenvalue weighted by Gasteiger charge is -2.33. The molecule has 2 amide bonds. The predicted molar refractivity (Wildman–Crippen MR) is 163 cm³/mol. The van der Waals surface area contributed by atoms with E-state index in [2.05, 4.69) is 5.32 Å². The summed E-state index contributed by atoms with van der Waals surface area (Å²) in [5, 5.41) is 3.14. The van der Waals surface area contributed by atoms with Crippen LogP contribution in [0.4, 0.5) is 5.69 Å². The zero-order valence-electron chi connectivity index (χ0n) is 24.3. The maximum absolute atomic E-state index is 14.1. The van der Waals surface area contributed by atoms with Crippen molar-refractivity contribution in [1.82, 2.24) is 10.2 Å². The van der Waals surface area contributed by atoms with Gasteiger partial charge in [-0.2, -0.15) is 0 Å². The molecule has 1 aliphatic rings. The number of sulfonamides is 1. The molecule has 0 bridgehead atoms. The fourth-order valence-electron chi connectivity index (χ4n) is 5.48. The summed E-state index contributed by atoms with van der Waals surface area (Å²) in [6.45, 7) is 5.39. The van der Waals surface area contributed by atoms with Crippen LogP contribution in [0.15, 0.2) is 83.8 Å². The summed E-state index contributed by atoms with van der Waals surface area (Å²) in [5.41, 5.74) is 3.24. The van der Waals surface area contributed by atoms with Crippen molar-refractivity contribution in [2.24, 2.45) is 0 Å². The van der Waals surface area contributed by atoms with Crippen LogP contribution in [0.5, 0.6) is 0 Å². The van der Waals surface area contributed by atoms with Gasteiger partial charge in [-0.25, -0.2) is 8.42 Å². The number of carbonyl (C=O) groups excluding carboxylic acids is 2. The van der Waals surface area contributed by atoms with Gasteiger partial charge in [0.05, 0.1) is 10.6 Å². The first-order chi connectivity index (χ1) is 19.6. The van der Waals surface area contributed by atoms with Crippen molar-refractivity contribution < 1.29 is 18.0 Å². The highest BCUT2D eigenvalue weighted by Gasteiger charge is 2.33. The second-order valence-electron chi connectivity index (χ2n) is 11.0. The van der Waals surface area contributed by atoms with Crippen molar-refractivity contribution >= 4 is 27.5 Å². The smallest absolute Gasteiger partial charge is 0.264 e. The molecule has 0 saturated heterocycles. The molecule has 0 aliphatic heterocycles. The molecule has 0 spiro atoms. The monoisotopic (exact) mass is 575 g/mol.